The summed E-state index contributed by atoms with van der Waals surface area (Å²) in [6.45, 7) is 3.42. The Kier molecular flexibility index (Phi) is 2.24. The standard InChI is InChI=1S/C7H12N4O/c1-2-8-9-7(1)10-11-3-5-12-6-4-11/h1-2H,3-6H2,(H2,8,9,10). The van der Waals surface area contributed by atoms with Crippen LogP contribution in [0, 0.1) is 0 Å². The van der Waals surface area contributed by atoms with Gasteiger partial charge in [0.05, 0.1) is 19.4 Å². The molecule has 2 N–H and O–H groups in total. The van der Waals surface area contributed by atoms with Crippen LogP contribution in [0.1, 0.15) is 0 Å². The Morgan fingerprint density at radius 2 is 2.33 bits per heavy atom. The van der Waals surface area contributed by atoms with Gasteiger partial charge >= 0.3 is 0 Å². The number of H-pyrrole nitrogens is 1. The van der Waals surface area contributed by atoms with E-state index in [9.17, 15) is 0 Å². The van der Waals surface area contributed by atoms with E-state index in [0.717, 1.165) is 32.1 Å². The minimum Gasteiger partial charge on any atom is -0.379 e. The van der Waals surface area contributed by atoms with Gasteiger partial charge in [0, 0.05) is 19.2 Å². The predicted molar refractivity (Wildman–Crippen MR) is 44.6 cm³/mol. The lowest BCUT2D eigenvalue weighted by molar-refractivity contribution is 0.0495. The monoisotopic (exact) mass is 168 g/mol. The van der Waals surface area contributed by atoms with Crippen molar-refractivity contribution >= 4 is 5.82 Å². The molecule has 1 saturated heterocycles. The molecule has 0 amide bonds. The molecule has 0 saturated carbocycles. The van der Waals surface area contributed by atoms with Crippen molar-refractivity contribution < 1.29 is 4.74 Å². The van der Waals surface area contributed by atoms with Gasteiger partial charge in [-0.1, -0.05) is 0 Å². The van der Waals surface area contributed by atoms with Crippen molar-refractivity contribution in [3.05, 3.63) is 12.3 Å². The highest BCUT2D eigenvalue weighted by atomic mass is 16.5. The number of nitrogens with zero attached hydrogens (tertiary/aromatic N) is 2. The molecule has 5 nitrogen and oxygen atoms in total. The summed E-state index contributed by atoms with van der Waals surface area (Å²) in [5.41, 5.74) is 3.20. The lowest BCUT2D eigenvalue weighted by Gasteiger charge is -2.26. The lowest BCUT2D eigenvalue weighted by Crippen LogP contribution is -2.40. The summed E-state index contributed by atoms with van der Waals surface area (Å²) in [7, 11) is 0. The number of nitrogens with one attached hydrogen (secondary N) is 2. The maximum Gasteiger partial charge on any atom is 0.135 e. The third kappa shape index (κ3) is 1.75. The van der Waals surface area contributed by atoms with Crippen LogP contribution in [0.3, 0.4) is 0 Å². The van der Waals surface area contributed by atoms with Crippen LogP contribution in [0.2, 0.25) is 0 Å². The van der Waals surface area contributed by atoms with Crippen LogP contribution < -0.4 is 5.43 Å². The molecule has 1 aromatic heterocycles. The van der Waals surface area contributed by atoms with Gasteiger partial charge in [-0.3, -0.25) is 5.10 Å². The zero-order valence-corrected chi connectivity index (χ0v) is 6.79. The normalized spacial score (nSPS) is 19.3. The highest BCUT2D eigenvalue weighted by Gasteiger charge is 2.09. The van der Waals surface area contributed by atoms with Crippen LogP contribution in [0.4, 0.5) is 5.82 Å². The minimum atomic E-state index is 0.793. The van der Waals surface area contributed by atoms with Crippen LogP contribution in [0.15, 0.2) is 12.3 Å². The average Bonchev–Trinajstić information content (AvgIpc) is 2.59. The molecule has 12 heavy (non-hydrogen) atoms. The van der Waals surface area contributed by atoms with Crippen molar-refractivity contribution in [2.45, 2.75) is 0 Å². The Bertz CT molecular complexity index is 217. The molecule has 1 fully saturated rings. The first-order valence-electron chi connectivity index (χ1n) is 4.04. The largest absolute Gasteiger partial charge is 0.379 e. The molecular formula is C7H12N4O. The van der Waals surface area contributed by atoms with Crippen molar-refractivity contribution in [1.29, 1.82) is 0 Å². The van der Waals surface area contributed by atoms with E-state index in [-0.39, 0.29) is 0 Å². The van der Waals surface area contributed by atoms with E-state index in [1.807, 2.05) is 6.07 Å². The van der Waals surface area contributed by atoms with E-state index in [4.69, 9.17) is 4.74 Å². The van der Waals surface area contributed by atoms with Gasteiger partial charge in [0.1, 0.15) is 5.82 Å². The van der Waals surface area contributed by atoms with E-state index in [1.165, 1.54) is 0 Å². The van der Waals surface area contributed by atoms with Crippen molar-refractivity contribution in [3.8, 4) is 0 Å². The quantitative estimate of drug-likeness (QED) is 0.656. The third-order valence-corrected chi connectivity index (χ3v) is 1.79. The first-order chi connectivity index (χ1) is 5.95. The number of aromatic nitrogens is 2. The van der Waals surface area contributed by atoms with Crippen LogP contribution >= 0.6 is 0 Å². The Balaban J connectivity index is 1.86. The van der Waals surface area contributed by atoms with E-state index >= 15 is 0 Å². The summed E-state index contributed by atoms with van der Waals surface area (Å²) >= 11 is 0. The van der Waals surface area contributed by atoms with Crippen molar-refractivity contribution in [2.24, 2.45) is 0 Å². The molecule has 0 spiro atoms. The minimum absolute atomic E-state index is 0.793. The van der Waals surface area contributed by atoms with Gasteiger partial charge in [-0.05, 0) is 0 Å². The summed E-state index contributed by atoms with van der Waals surface area (Å²) in [5, 5.41) is 8.79. The summed E-state index contributed by atoms with van der Waals surface area (Å²) in [6.07, 6.45) is 1.72. The Morgan fingerprint density at radius 1 is 1.50 bits per heavy atom. The average molecular weight is 168 g/mol. The maximum absolute atomic E-state index is 5.21. The van der Waals surface area contributed by atoms with Crippen LogP contribution in [0.5, 0.6) is 0 Å². The van der Waals surface area contributed by atoms with E-state index in [0.29, 0.717) is 0 Å². The molecule has 0 atom stereocenters. The molecule has 0 bridgehead atoms. The fourth-order valence-electron chi connectivity index (χ4n) is 1.16. The van der Waals surface area contributed by atoms with E-state index in [1.54, 1.807) is 6.20 Å². The van der Waals surface area contributed by atoms with Crippen LogP contribution in [0.25, 0.3) is 0 Å². The van der Waals surface area contributed by atoms with Gasteiger partial charge in [-0.15, -0.1) is 0 Å². The lowest BCUT2D eigenvalue weighted by atomic mass is 10.5. The molecule has 5 heteroatoms. The summed E-state index contributed by atoms with van der Waals surface area (Å²) in [6, 6.07) is 1.90. The molecule has 1 aliphatic heterocycles. The Hall–Kier alpha value is -1.07. The fraction of sp³-hybridized carbons (Fsp3) is 0.571. The fourth-order valence-corrected chi connectivity index (χ4v) is 1.16. The maximum atomic E-state index is 5.21. The Labute approximate surface area is 70.7 Å². The second-order valence-electron chi connectivity index (χ2n) is 2.68. The second-order valence-corrected chi connectivity index (χ2v) is 2.68. The van der Waals surface area contributed by atoms with Gasteiger partial charge in [0.25, 0.3) is 0 Å². The summed E-state index contributed by atoms with van der Waals surface area (Å²) in [4.78, 5) is 0. The molecule has 2 rings (SSSR count). The highest BCUT2D eigenvalue weighted by Crippen LogP contribution is 2.02. The molecular weight excluding hydrogens is 156 g/mol. The summed E-state index contributed by atoms with van der Waals surface area (Å²) < 4.78 is 5.21. The third-order valence-electron chi connectivity index (χ3n) is 1.79. The smallest absolute Gasteiger partial charge is 0.135 e. The van der Waals surface area contributed by atoms with Gasteiger partial charge in [0.2, 0.25) is 0 Å². The van der Waals surface area contributed by atoms with Gasteiger partial charge in [-0.2, -0.15) is 5.10 Å². The van der Waals surface area contributed by atoms with Gasteiger partial charge < -0.3 is 10.2 Å². The number of anilines is 1. The molecule has 0 aliphatic carbocycles. The second kappa shape index (κ2) is 3.55. The molecule has 0 radical (unpaired) electrons. The van der Waals surface area contributed by atoms with Crippen molar-refractivity contribution in [2.75, 3.05) is 31.7 Å². The molecule has 2 heterocycles. The number of rotatable bonds is 2. The zero-order chi connectivity index (χ0) is 8.23. The molecule has 0 unspecified atom stereocenters. The van der Waals surface area contributed by atoms with Crippen molar-refractivity contribution in [1.82, 2.24) is 15.2 Å². The number of aromatic amines is 1. The topological polar surface area (TPSA) is 53.2 Å². The Morgan fingerprint density at radius 3 is 3.00 bits per heavy atom. The number of hydrogen-bond donors (Lipinski definition) is 2. The number of hydrazine groups is 1. The molecule has 1 aliphatic rings. The molecule has 1 aromatic rings. The van der Waals surface area contributed by atoms with Crippen LogP contribution in [-0.4, -0.2) is 41.5 Å². The van der Waals surface area contributed by atoms with Crippen molar-refractivity contribution in [3.63, 3.8) is 0 Å². The zero-order valence-electron chi connectivity index (χ0n) is 6.79. The van der Waals surface area contributed by atoms with E-state index in [2.05, 4.69) is 20.6 Å². The van der Waals surface area contributed by atoms with Crippen LogP contribution in [-0.2, 0) is 4.74 Å². The first kappa shape index (κ1) is 7.57. The van der Waals surface area contributed by atoms with E-state index < -0.39 is 0 Å². The predicted octanol–water partition coefficient (Wildman–Crippen LogP) is 0.0688. The summed E-state index contributed by atoms with van der Waals surface area (Å²) in [5.74, 6) is 0.928. The highest BCUT2D eigenvalue weighted by molar-refractivity contribution is 5.29. The number of morpholine rings is 1. The van der Waals surface area contributed by atoms with Gasteiger partial charge in [-0.25, -0.2) is 5.01 Å². The number of ether oxygens (including phenoxy) is 1. The SMILES string of the molecule is c1cc(NN2CCOCC2)[nH]n1. The van der Waals surface area contributed by atoms with Gasteiger partial charge in [0.15, 0.2) is 0 Å². The molecule has 0 aromatic carbocycles. The molecule has 66 valence electrons. The first-order valence-corrected chi connectivity index (χ1v) is 4.04. The number of hydrogen-bond acceptors (Lipinski definition) is 4.